The lowest BCUT2D eigenvalue weighted by Crippen LogP contribution is -2.47. The van der Waals surface area contributed by atoms with Gasteiger partial charge in [0.05, 0.1) is 23.8 Å². The van der Waals surface area contributed by atoms with Gasteiger partial charge >= 0.3 is 0 Å². The molecule has 0 radical (unpaired) electrons. The molecule has 1 aliphatic rings. The van der Waals surface area contributed by atoms with Crippen molar-refractivity contribution in [3.63, 3.8) is 0 Å². The second kappa shape index (κ2) is 5.98. The van der Waals surface area contributed by atoms with E-state index in [1.165, 1.54) is 24.0 Å². The second-order valence-corrected chi connectivity index (χ2v) is 7.08. The SMILES string of the molecule is CC(C(=O)N1CCOCC1)S(=O)(=O)c1ccc(N)c(F)c1. The number of halogens is 1. The van der Waals surface area contributed by atoms with E-state index in [1.54, 1.807) is 0 Å². The molecule has 2 N–H and O–H groups in total. The molecule has 116 valence electrons. The first-order valence-electron chi connectivity index (χ1n) is 6.49. The molecule has 1 unspecified atom stereocenters. The Balaban J connectivity index is 2.25. The van der Waals surface area contributed by atoms with Crippen molar-refractivity contribution in [2.24, 2.45) is 0 Å². The van der Waals surface area contributed by atoms with Gasteiger partial charge in [-0.15, -0.1) is 0 Å². The van der Waals surface area contributed by atoms with E-state index in [2.05, 4.69) is 0 Å². The number of nitrogen functional groups attached to an aromatic ring is 1. The molecule has 1 amide bonds. The smallest absolute Gasteiger partial charge is 0.241 e. The van der Waals surface area contributed by atoms with Crippen molar-refractivity contribution >= 4 is 21.4 Å². The lowest BCUT2D eigenvalue weighted by atomic mass is 10.3. The van der Waals surface area contributed by atoms with E-state index in [0.717, 1.165) is 6.07 Å². The topological polar surface area (TPSA) is 89.7 Å². The number of sulfone groups is 1. The molecule has 0 spiro atoms. The van der Waals surface area contributed by atoms with Crippen molar-refractivity contribution < 1.29 is 22.3 Å². The van der Waals surface area contributed by atoms with Crippen molar-refractivity contribution in [1.29, 1.82) is 0 Å². The Morgan fingerprint density at radius 2 is 2.00 bits per heavy atom. The van der Waals surface area contributed by atoms with Gasteiger partial charge in [-0.05, 0) is 25.1 Å². The van der Waals surface area contributed by atoms with Crippen molar-refractivity contribution in [2.75, 3.05) is 32.0 Å². The number of rotatable bonds is 3. The molecule has 1 atom stereocenters. The maximum atomic E-state index is 13.4. The van der Waals surface area contributed by atoms with Gasteiger partial charge in [-0.1, -0.05) is 0 Å². The van der Waals surface area contributed by atoms with Gasteiger partial charge in [-0.3, -0.25) is 4.79 Å². The Labute approximate surface area is 122 Å². The number of carbonyl (C=O) groups is 1. The predicted octanol–water partition coefficient (Wildman–Crippen LogP) is 0.429. The molecule has 1 aromatic carbocycles. The number of ether oxygens (including phenoxy) is 1. The fourth-order valence-corrected chi connectivity index (χ4v) is 3.41. The summed E-state index contributed by atoms with van der Waals surface area (Å²) in [5.41, 5.74) is 5.19. The molecule has 1 heterocycles. The molecule has 0 saturated carbocycles. The van der Waals surface area contributed by atoms with Gasteiger partial charge in [0.1, 0.15) is 11.1 Å². The van der Waals surface area contributed by atoms with Gasteiger partial charge in [-0.25, -0.2) is 12.8 Å². The zero-order valence-electron chi connectivity index (χ0n) is 11.6. The van der Waals surface area contributed by atoms with E-state index in [0.29, 0.717) is 26.3 Å². The van der Waals surface area contributed by atoms with Crippen molar-refractivity contribution in [1.82, 2.24) is 4.90 Å². The summed E-state index contributed by atoms with van der Waals surface area (Å²) in [5, 5.41) is -1.28. The molecule has 0 aliphatic carbocycles. The van der Waals surface area contributed by atoms with E-state index >= 15 is 0 Å². The molecule has 1 aliphatic heterocycles. The van der Waals surface area contributed by atoms with E-state index < -0.39 is 26.8 Å². The fraction of sp³-hybridized carbons (Fsp3) is 0.462. The highest BCUT2D eigenvalue weighted by atomic mass is 32.2. The highest BCUT2D eigenvalue weighted by molar-refractivity contribution is 7.92. The Morgan fingerprint density at radius 3 is 2.57 bits per heavy atom. The molecule has 1 saturated heterocycles. The molecule has 1 aromatic rings. The zero-order valence-corrected chi connectivity index (χ0v) is 12.4. The van der Waals surface area contributed by atoms with E-state index in [4.69, 9.17) is 10.5 Å². The first-order valence-corrected chi connectivity index (χ1v) is 8.04. The summed E-state index contributed by atoms with van der Waals surface area (Å²) in [4.78, 5) is 13.4. The predicted molar refractivity (Wildman–Crippen MR) is 74.9 cm³/mol. The number of anilines is 1. The van der Waals surface area contributed by atoms with Crippen LogP contribution in [0.4, 0.5) is 10.1 Å². The third kappa shape index (κ3) is 3.16. The number of hydrogen-bond acceptors (Lipinski definition) is 5. The first kappa shape index (κ1) is 15.7. The Hall–Kier alpha value is -1.67. The summed E-state index contributed by atoms with van der Waals surface area (Å²) in [7, 11) is -3.95. The summed E-state index contributed by atoms with van der Waals surface area (Å²) in [6.07, 6.45) is 0. The van der Waals surface area contributed by atoms with E-state index in [-0.39, 0.29) is 10.6 Å². The molecule has 8 heteroatoms. The maximum Gasteiger partial charge on any atom is 0.241 e. The van der Waals surface area contributed by atoms with Crippen LogP contribution >= 0.6 is 0 Å². The van der Waals surface area contributed by atoms with Gasteiger partial charge in [0, 0.05) is 13.1 Å². The minimum atomic E-state index is -3.95. The van der Waals surface area contributed by atoms with Crippen LogP contribution in [0.25, 0.3) is 0 Å². The van der Waals surface area contributed by atoms with E-state index in [1.807, 2.05) is 0 Å². The molecule has 2 rings (SSSR count). The van der Waals surface area contributed by atoms with Gasteiger partial charge in [0.15, 0.2) is 9.84 Å². The quantitative estimate of drug-likeness (QED) is 0.817. The third-order valence-electron chi connectivity index (χ3n) is 3.44. The van der Waals surface area contributed by atoms with Gasteiger partial charge in [-0.2, -0.15) is 0 Å². The molecule has 6 nitrogen and oxygen atoms in total. The average Bonchev–Trinajstić information content (AvgIpc) is 2.49. The molecule has 21 heavy (non-hydrogen) atoms. The summed E-state index contributed by atoms with van der Waals surface area (Å²) in [6.45, 7) is 2.79. The van der Waals surface area contributed by atoms with Gasteiger partial charge in [0.25, 0.3) is 0 Å². The summed E-state index contributed by atoms with van der Waals surface area (Å²) >= 11 is 0. The average molecular weight is 316 g/mol. The van der Waals surface area contributed by atoms with Crippen molar-refractivity contribution in [3.05, 3.63) is 24.0 Å². The van der Waals surface area contributed by atoms with Crippen LogP contribution in [0.2, 0.25) is 0 Å². The molecule has 1 fully saturated rings. The van der Waals surface area contributed by atoms with Crippen LogP contribution in [0.15, 0.2) is 23.1 Å². The van der Waals surface area contributed by atoms with Crippen LogP contribution in [-0.4, -0.2) is 50.8 Å². The lowest BCUT2D eigenvalue weighted by Gasteiger charge is -2.29. The fourth-order valence-electron chi connectivity index (χ4n) is 2.06. The monoisotopic (exact) mass is 316 g/mol. The van der Waals surface area contributed by atoms with Crippen LogP contribution in [0.3, 0.4) is 0 Å². The standard InChI is InChI=1S/C13H17FN2O4S/c1-9(13(17)16-4-6-20-7-5-16)21(18,19)10-2-3-12(15)11(14)8-10/h2-3,8-9H,4-7,15H2,1H3. The van der Waals surface area contributed by atoms with Crippen LogP contribution in [-0.2, 0) is 19.4 Å². The minimum absolute atomic E-state index is 0.138. The van der Waals surface area contributed by atoms with Gasteiger partial charge in [0.2, 0.25) is 5.91 Å². The summed E-state index contributed by atoms with van der Waals surface area (Å²) in [6, 6.07) is 3.22. The van der Waals surface area contributed by atoms with Crippen LogP contribution < -0.4 is 5.73 Å². The minimum Gasteiger partial charge on any atom is -0.396 e. The number of morpholine rings is 1. The molecule has 0 aromatic heterocycles. The first-order chi connectivity index (χ1) is 9.84. The molecular formula is C13H17FN2O4S. The normalized spacial score (nSPS) is 17.5. The summed E-state index contributed by atoms with van der Waals surface area (Å²) < 4.78 is 43.3. The van der Waals surface area contributed by atoms with Crippen LogP contribution in [0.5, 0.6) is 0 Å². The number of nitrogens with zero attached hydrogens (tertiary/aromatic N) is 1. The van der Waals surface area contributed by atoms with Gasteiger partial charge < -0.3 is 15.4 Å². The third-order valence-corrected chi connectivity index (χ3v) is 5.48. The molecular weight excluding hydrogens is 299 g/mol. The van der Waals surface area contributed by atoms with E-state index in [9.17, 15) is 17.6 Å². The highest BCUT2D eigenvalue weighted by Crippen LogP contribution is 2.21. The van der Waals surface area contributed by atoms with Crippen LogP contribution in [0, 0.1) is 5.82 Å². The number of hydrogen-bond donors (Lipinski definition) is 1. The zero-order chi connectivity index (χ0) is 15.6. The maximum absolute atomic E-state index is 13.4. The van der Waals surface area contributed by atoms with Crippen LogP contribution in [0.1, 0.15) is 6.92 Å². The Kier molecular flexibility index (Phi) is 4.48. The van der Waals surface area contributed by atoms with Crippen molar-refractivity contribution in [2.45, 2.75) is 17.1 Å². The Morgan fingerprint density at radius 1 is 1.38 bits per heavy atom. The van der Waals surface area contributed by atoms with Crippen molar-refractivity contribution in [3.8, 4) is 0 Å². The second-order valence-electron chi connectivity index (χ2n) is 4.81. The molecule has 0 bridgehead atoms. The number of nitrogens with two attached hydrogens (primary N) is 1. The number of amides is 1. The number of carbonyl (C=O) groups excluding carboxylic acids is 1. The largest absolute Gasteiger partial charge is 0.396 e. The number of benzene rings is 1. The Bertz CT molecular complexity index is 642. The lowest BCUT2D eigenvalue weighted by molar-refractivity contribution is -0.134. The highest BCUT2D eigenvalue weighted by Gasteiger charge is 2.33. The summed E-state index contributed by atoms with van der Waals surface area (Å²) in [5.74, 6) is -1.32.